The minimum absolute atomic E-state index is 0.117. The zero-order valence-corrected chi connectivity index (χ0v) is 14.7. The summed E-state index contributed by atoms with van der Waals surface area (Å²) in [4.78, 5) is 20.9. The molecule has 3 rings (SSSR count). The van der Waals surface area contributed by atoms with E-state index in [1.807, 2.05) is 29.3 Å². The highest BCUT2D eigenvalue weighted by Crippen LogP contribution is 2.20. The summed E-state index contributed by atoms with van der Waals surface area (Å²) < 4.78 is 0. The number of nitrogens with zero attached hydrogens (tertiary/aromatic N) is 2. The first-order valence-corrected chi connectivity index (χ1v) is 9.80. The maximum absolute atomic E-state index is 12.2. The molecule has 1 aliphatic rings. The van der Waals surface area contributed by atoms with Crippen LogP contribution in [0.3, 0.4) is 0 Å². The van der Waals surface area contributed by atoms with Crippen LogP contribution in [0.4, 0.5) is 5.82 Å². The molecule has 0 saturated carbocycles. The maximum atomic E-state index is 12.2. The molecule has 5 nitrogen and oxygen atoms in total. The van der Waals surface area contributed by atoms with Crippen LogP contribution < -0.4 is 10.6 Å². The largest absolute Gasteiger partial charge is 0.366 e. The molecule has 0 unspecified atom stereocenters. The third kappa shape index (κ3) is 4.45. The molecule has 1 fully saturated rings. The molecule has 0 spiro atoms. The van der Waals surface area contributed by atoms with Crippen molar-refractivity contribution < 1.29 is 4.79 Å². The third-order valence-corrected chi connectivity index (χ3v) is 5.73. The lowest BCUT2D eigenvalue weighted by molar-refractivity contribution is 0.0950. The highest BCUT2D eigenvalue weighted by atomic mass is 32.2. The molecule has 2 aromatic rings. The Hall–Kier alpha value is -1.60. The quantitative estimate of drug-likeness (QED) is 0.840. The van der Waals surface area contributed by atoms with E-state index in [0.717, 1.165) is 28.7 Å². The number of thioether (sulfide) groups is 1. The van der Waals surface area contributed by atoms with Gasteiger partial charge in [0.15, 0.2) is 0 Å². The number of rotatable bonds is 6. The minimum Gasteiger partial charge on any atom is -0.366 e. The number of nitrogens with one attached hydrogen (secondary N) is 2. The smallest absolute Gasteiger partial charge is 0.253 e. The van der Waals surface area contributed by atoms with Gasteiger partial charge < -0.3 is 10.6 Å². The van der Waals surface area contributed by atoms with E-state index in [4.69, 9.17) is 0 Å². The fourth-order valence-electron chi connectivity index (χ4n) is 2.32. The van der Waals surface area contributed by atoms with E-state index in [1.54, 1.807) is 17.5 Å². The van der Waals surface area contributed by atoms with Crippen molar-refractivity contribution in [2.45, 2.75) is 32.4 Å². The fourth-order valence-corrected chi connectivity index (χ4v) is 4.29. The van der Waals surface area contributed by atoms with Crippen molar-refractivity contribution in [3.05, 3.63) is 40.0 Å². The molecular weight excluding hydrogens is 328 g/mol. The molecule has 2 N–H and O–H groups in total. The highest BCUT2D eigenvalue weighted by Gasteiger charge is 2.15. The fraction of sp³-hybridized carbons (Fsp3) is 0.438. The molecule has 7 heteroatoms. The van der Waals surface area contributed by atoms with Gasteiger partial charge in [0.25, 0.3) is 5.91 Å². The normalized spacial score (nSPS) is 17.2. The van der Waals surface area contributed by atoms with Crippen LogP contribution in [0.1, 0.15) is 34.4 Å². The number of carbonyl (C=O) groups excluding carboxylic acids is 1. The summed E-state index contributed by atoms with van der Waals surface area (Å²) >= 11 is 3.54. The molecule has 1 saturated heterocycles. The molecule has 3 heterocycles. The Kier molecular flexibility index (Phi) is 5.51. The lowest BCUT2D eigenvalue weighted by Crippen LogP contribution is -2.23. The van der Waals surface area contributed by atoms with Crippen molar-refractivity contribution in [2.75, 3.05) is 16.8 Å². The van der Waals surface area contributed by atoms with Crippen LogP contribution in [0, 0.1) is 0 Å². The topological polar surface area (TPSA) is 66.9 Å². The van der Waals surface area contributed by atoms with Crippen LogP contribution in [0.25, 0.3) is 0 Å². The van der Waals surface area contributed by atoms with Crippen LogP contribution in [0.15, 0.2) is 23.7 Å². The van der Waals surface area contributed by atoms with Crippen molar-refractivity contribution in [3.8, 4) is 0 Å². The Balaban J connectivity index is 1.52. The van der Waals surface area contributed by atoms with Crippen LogP contribution in [0.2, 0.25) is 0 Å². The van der Waals surface area contributed by atoms with Gasteiger partial charge in [-0.3, -0.25) is 4.79 Å². The second-order valence-electron chi connectivity index (χ2n) is 5.41. The van der Waals surface area contributed by atoms with Crippen LogP contribution in [-0.4, -0.2) is 33.4 Å². The monoisotopic (exact) mass is 348 g/mol. The van der Waals surface area contributed by atoms with E-state index < -0.39 is 0 Å². The van der Waals surface area contributed by atoms with Gasteiger partial charge in [0.05, 0.1) is 17.8 Å². The summed E-state index contributed by atoms with van der Waals surface area (Å²) in [6, 6.07) is 4.17. The maximum Gasteiger partial charge on any atom is 0.253 e. The summed E-state index contributed by atoms with van der Waals surface area (Å²) in [5, 5.41) is 9.26. The molecule has 0 bridgehead atoms. The van der Waals surface area contributed by atoms with Gasteiger partial charge in [-0.2, -0.15) is 11.8 Å². The number of hydrogen-bond donors (Lipinski definition) is 2. The Morgan fingerprint density at radius 2 is 2.35 bits per heavy atom. The Morgan fingerprint density at radius 3 is 3.00 bits per heavy atom. The number of thiazole rings is 1. The second-order valence-corrected chi connectivity index (χ2v) is 7.50. The van der Waals surface area contributed by atoms with Gasteiger partial charge in [-0.25, -0.2) is 9.97 Å². The zero-order valence-electron chi connectivity index (χ0n) is 13.0. The van der Waals surface area contributed by atoms with Gasteiger partial charge in [-0.1, -0.05) is 6.92 Å². The van der Waals surface area contributed by atoms with E-state index in [9.17, 15) is 4.79 Å². The molecule has 1 amide bonds. The number of pyridine rings is 1. The van der Waals surface area contributed by atoms with Crippen LogP contribution in [-0.2, 0) is 13.0 Å². The Bertz CT molecular complexity index is 650. The van der Waals surface area contributed by atoms with Crippen LogP contribution in [0.5, 0.6) is 0 Å². The molecule has 1 aliphatic heterocycles. The molecule has 1 atom stereocenters. The average molecular weight is 348 g/mol. The van der Waals surface area contributed by atoms with Crippen molar-refractivity contribution >= 4 is 34.8 Å². The summed E-state index contributed by atoms with van der Waals surface area (Å²) in [7, 11) is 0. The van der Waals surface area contributed by atoms with E-state index in [0.29, 0.717) is 18.2 Å². The SMILES string of the molecule is CCc1csc(CNC(=O)c2ccc(N[C@@H]3CCSC3)nc2)n1. The number of anilines is 1. The van der Waals surface area contributed by atoms with Crippen molar-refractivity contribution in [3.63, 3.8) is 0 Å². The second kappa shape index (κ2) is 7.79. The molecular formula is C16H20N4OS2. The predicted molar refractivity (Wildman–Crippen MR) is 96.3 cm³/mol. The van der Waals surface area contributed by atoms with Gasteiger partial charge in [0, 0.05) is 23.4 Å². The van der Waals surface area contributed by atoms with E-state index in [2.05, 4.69) is 27.5 Å². The van der Waals surface area contributed by atoms with Crippen molar-refractivity contribution in [1.29, 1.82) is 0 Å². The van der Waals surface area contributed by atoms with E-state index >= 15 is 0 Å². The van der Waals surface area contributed by atoms with Crippen molar-refractivity contribution in [2.24, 2.45) is 0 Å². The average Bonchev–Trinajstić information content (AvgIpc) is 3.24. The predicted octanol–water partition coefficient (Wildman–Crippen LogP) is 2.95. The summed E-state index contributed by atoms with van der Waals surface area (Å²) in [6.07, 6.45) is 3.71. The van der Waals surface area contributed by atoms with Crippen LogP contribution >= 0.6 is 23.1 Å². The Morgan fingerprint density at radius 1 is 1.43 bits per heavy atom. The number of carbonyl (C=O) groups is 1. The number of hydrogen-bond acceptors (Lipinski definition) is 6. The molecule has 122 valence electrons. The van der Waals surface area contributed by atoms with E-state index in [-0.39, 0.29) is 5.91 Å². The lowest BCUT2D eigenvalue weighted by Gasteiger charge is -2.12. The van der Waals surface area contributed by atoms with Gasteiger partial charge in [-0.05, 0) is 30.7 Å². The number of amides is 1. The number of aromatic nitrogens is 2. The highest BCUT2D eigenvalue weighted by molar-refractivity contribution is 7.99. The third-order valence-electron chi connectivity index (χ3n) is 3.67. The van der Waals surface area contributed by atoms with E-state index in [1.165, 1.54) is 12.2 Å². The first-order chi connectivity index (χ1) is 11.2. The molecule has 2 aromatic heterocycles. The lowest BCUT2D eigenvalue weighted by atomic mass is 10.2. The molecule has 23 heavy (non-hydrogen) atoms. The van der Waals surface area contributed by atoms with Gasteiger partial charge >= 0.3 is 0 Å². The summed E-state index contributed by atoms with van der Waals surface area (Å²) in [6.45, 7) is 2.53. The summed E-state index contributed by atoms with van der Waals surface area (Å²) in [5.74, 6) is 3.04. The zero-order chi connectivity index (χ0) is 16.1. The first kappa shape index (κ1) is 16.3. The minimum atomic E-state index is -0.117. The van der Waals surface area contributed by atoms with Crippen molar-refractivity contribution in [1.82, 2.24) is 15.3 Å². The molecule has 0 aromatic carbocycles. The summed E-state index contributed by atoms with van der Waals surface area (Å²) in [5.41, 5.74) is 1.64. The molecule has 0 radical (unpaired) electrons. The van der Waals surface area contributed by atoms with Gasteiger partial charge in [0.2, 0.25) is 0 Å². The van der Waals surface area contributed by atoms with Gasteiger partial charge in [0.1, 0.15) is 10.8 Å². The van der Waals surface area contributed by atoms with Gasteiger partial charge in [-0.15, -0.1) is 11.3 Å². The standard InChI is InChI=1S/C16H20N4OS2/c1-2-12-10-23-15(20-12)8-18-16(21)11-3-4-14(17-7-11)19-13-5-6-22-9-13/h3-4,7,10,13H,2,5-6,8-9H2,1H3,(H,17,19)(H,18,21)/t13-/m1/s1. The first-order valence-electron chi connectivity index (χ1n) is 7.76. The molecule has 0 aliphatic carbocycles. The Labute approximate surface area is 144 Å². The number of aryl methyl sites for hydroxylation is 1.